The Hall–Kier alpha value is -1.15. The highest BCUT2D eigenvalue weighted by atomic mass is 16.3. The minimum Gasteiger partial charge on any atom is -0.388 e. The maximum Gasteiger partial charge on any atom is 0.169 e. The zero-order valence-corrected chi connectivity index (χ0v) is 8.23. The average molecular weight is 190 g/mol. The van der Waals surface area contributed by atoms with Gasteiger partial charge in [-0.1, -0.05) is 37.6 Å². The number of ketones is 1. The molecule has 0 aliphatic heterocycles. The van der Waals surface area contributed by atoms with Crippen LogP contribution in [0.25, 0.3) is 0 Å². The molecule has 14 heavy (non-hydrogen) atoms. The first-order valence-electron chi connectivity index (χ1n) is 5.07. The summed E-state index contributed by atoms with van der Waals surface area (Å²) in [5.74, 6) is -0.104. The van der Waals surface area contributed by atoms with E-state index in [2.05, 4.69) is 0 Å². The number of Topliss-reactive ketones (excluding diaryl/α,β-unsaturated/α-hetero) is 1. The van der Waals surface area contributed by atoms with Crippen molar-refractivity contribution in [1.29, 1.82) is 0 Å². The number of carbonyl (C=O) groups excluding carboxylic acids is 1. The monoisotopic (exact) mass is 190 g/mol. The van der Waals surface area contributed by atoms with Gasteiger partial charge in [0.1, 0.15) is 0 Å². The molecule has 2 heteroatoms. The molecule has 1 aliphatic rings. The number of fused-ring (bicyclic) bond motifs is 1. The molecular weight excluding hydrogens is 176 g/mol. The lowest BCUT2D eigenvalue weighted by Crippen LogP contribution is -2.12. The molecule has 0 saturated carbocycles. The summed E-state index contributed by atoms with van der Waals surface area (Å²) in [6, 6.07) is 7.35. The molecule has 2 rings (SSSR count). The largest absolute Gasteiger partial charge is 0.388 e. The van der Waals surface area contributed by atoms with E-state index in [9.17, 15) is 9.90 Å². The molecule has 0 saturated heterocycles. The smallest absolute Gasteiger partial charge is 0.169 e. The summed E-state index contributed by atoms with van der Waals surface area (Å²) in [4.78, 5) is 11.8. The molecule has 0 heterocycles. The summed E-state index contributed by atoms with van der Waals surface area (Å²) in [5.41, 5.74) is 1.51. The van der Waals surface area contributed by atoms with E-state index in [1.807, 2.05) is 25.1 Å². The van der Waals surface area contributed by atoms with Crippen LogP contribution < -0.4 is 0 Å². The lowest BCUT2D eigenvalue weighted by molar-refractivity contribution is 0.0737. The minimum absolute atomic E-state index is 0.106. The van der Waals surface area contributed by atoms with Crippen LogP contribution in [0.2, 0.25) is 0 Å². The third-order valence-corrected chi connectivity index (χ3v) is 2.86. The molecule has 0 radical (unpaired) electrons. The zero-order chi connectivity index (χ0) is 10.1. The Morgan fingerprint density at radius 2 is 2.07 bits per heavy atom. The van der Waals surface area contributed by atoms with Crippen LogP contribution in [0.5, 0.6) is 0 Å². The summed E-state index contributed by atoms with van der Waals surface area (Å²) in [5, 5.41) is 9.92. The summed E-state index contributed by atoms with van der Waals surface area (Å²) in [6.07, 6.45) is 1.12. The number of aliphatic hydroxyl groups is 1. The van der Waals surface area contributed by atoms with Crippen LogP contribution in [0, 0.1) is 5.92 Å². The van der Waals surface area contributed by atoms with Crippen LogP contribution in [-0.4, -0.2) is 10.9 Å². The summed E-state index contributed by atoms with van der Waals surface area (Å²) >= 11 is 0. The molecule has 0 aromatic heterocycles. The van der Waals surface area contributed by atoms with Crippen molar-refractivity contribution < 1.29 is 9.90 Å². The second-order valence-electron chi connectivity index (χ2n) is 3.79. The molecule has 2 unspecified atom stereocenters. The van der Waals surface area contributed by atoms with Gasteiger partial charge in [-0.15, -0.1) is 0 Å². The van der Waals surface area contributed by atoms with Gasteiger partial charge in [0.25, 0.3) is 0 Å². The number of hydrogen-bond acceptors (Lipinski definition) is 2. The third kappa shape index (κ3) is 1.26. The van der Waals surface area contributed by atoms with E-state index >= 15 is 0 Å². The van der Waals surface area contributed by atoms with Crippen molar-refractivity contribution in [2.45, 2.75) is 25.9 Å². The van der Waals surface area contributed by atoms with Crippen LogP contribution in [0.3, 0.4) is 0 Å². The van der Waals surface area contributed by atoms with E-state index in [0.29, 0.717) is 5.56 Å². The molecule has 2 nitrogen and oxygen atoms in total. The predicted octanol–water partition coefficient (Wildman–Crippen LogP) is 2.33. The van der Waals surface area contributed by atoms with Gasteiger partial charge in [-0.3, -0.25) is 4.79 Å². The zero-order valence-electron chi connectivity index (χ0n) is 8.23. The van der Waals surface area contributed by atoms with Crippen molar-refractivity contribution in [3.05, 3.63) is 35.4 Å². The van der Waals surface area contributed by atoms with Crippen molar-refractivity contribution in [3.63, 3.8) is 0 Å². The van der Waals surface area contributed by atoms with Gasteiger partial charge in [-0.25, -0.2) is 0 Å². The van der Waals surface area contributed by atoms with Crippen molar-refractivity contribution in [2.24, 2.45) is 5.92 Å². The van der Waals surface area contributed by atoms with Crippen LogP contribution in [0.1, 0.15) is 41.8 Å². The second kappa shape index (κ2) is 3.54. The first-order valence-corrected chi connectivity index (χ1v) is 5.07. The van der Waals surface area contributed by atoms with Gasteiger partial charge >= 0.3 is 0 Å². The third-order valence-electron chi connectivity index (χ3n) is 2.86. The van der Waals surface area contributed by atoms with E-state index < -0.39 is 6.10 Å². The molecule has 0 spiro atoms. The normalized spacial score (nSPS) is 25.1. The highest BCUT2D eigenvalue weighted by Crippen LogP contribution is 2.37. The Morgan fingerprint density at radius 1 is 1.36 bits per heavy atom. The molecule has 1 N–H and O–H groups in total. The van der Waals surface area contributed by atoms with Crippen LogP contribution in [0.4, 0.5) is 0 Å². The van der Waals surface area contributed by atoms with Gasteiger partial charge in [0.15, 0.2) is 5.78 Å². The van der Waals surface area contributed by atoms with Crippen molar-refractivity contribution in [2.75, 3.05) is 0 Å². The van der Waals surface area contributed by atoms with Crippen molar-refractivity contribution in [1.82, 2.24) is 0 Å². The highest BCUT2D eigenvalue weighted by molar-refractivity contribution is 6.02. The van der Waals surface area contributed by atoms with E-state index in [4.69, 9.17) is 0 Å². The standard InChI is InChI=1S/C12H14O2/c1-2-5-10-11(13)8-6-3-4-7-9(8)12(10)14/h3-4,6-7,10-11,13H,2,5H2,1H3. The molecule has 1 aromatic carbocycles. The number of carbonyl (C=O) groups is 1. The molecule has 2 atom stereocenters. The molecule has 1 aromatic rings. The molecule has 0 bridgehead atoms. The maximum atomic E-state index is 11.8. The van der Waals surface area contributed by atoms with Gasteiger partial charge in [-0.05, 0) is 12.0 Å². The van der Waals surface area contributed by atoms with Gasteiger partial charge in [-0.2, -0.15) is 0 Å². The van der Waals surface area contributed by atoms with Gasteiger partial charge in [0.05, 0.1) is 12.0 Å². The molecule has 1 aliphatic carbocycles. The quantitative estimate of drug-likeness (QED) is 0.777. The van der Waals surface area contributed by atoms with E-state index in [1.54, 1.807) is 6.07 Å². The fraction of sp³-hybridized carbons (Fsp3) is 0.417. The Kier molecular flexibility index (Phi) is 2.38. The molecule has 0 amide bonds. The lowest BCUT2D eigenvalue weighted by Gasteiger charge is -2.11. The number of rotatable bonds is 2. The van der Waals surface area contributed by atoms with Gasteiger partial charge < -0.3 is 5.11 Å². The SMILES string of the molecule is CCCC1C(=O)c2ccccc2C1O. The maximum absolute atomic E-state index is 11.8. The Balaban J connectivity index is 2.38. The second-order valence-corrected chi connectivity index (χ2v) is 3.79. The first kappa shape index (κ1) is 9.41. The number of aliphatic hydroxyl groups excluding tert-OH is 1. The Morgan fingerprint density at radius 3 is 2.71 bits per heavy atom. The van der Waals surface area contributed by atoms with Gasteiger partial charge in [0, 0.05) is 5.56 Å². The van der Waals surface area contributed by atoms with Crippen LogP contribution in [0.15, 0.2) is 24.3 Å². The van der Waals surface area contributed by atoms with E-state index in [0.717, 1.165) is 18.4 Å². The number of benzene rings is 1. The van der Waals surface area contributed by atoms with E-state index in [1.165, 1.54) is 0 Å². The fourth-order valence-electron chi connectivity index (χ4n) is 2.14. The molecule has 0 fully saturated rings. The topological polar surface area (TPSA) is 37.3 Å². The van der Waals surface area contributed by atoms with Gasteiger partial charge in [0.2, 0.25) is 0 Å². The summed E-state index contributed by atoms with van der Waals surface area (Å²) in [6.45, 7) is 2.03. The highest BCUT2D eigenvalue weighted by Gasteiger charge is 2.37. The van der Waals surface area contributed by atoms with Crippen LogP contribution >= 0.6 is 0 Å². The number of hydrogen-bond donors (Lipinski definition) is 1. The summed E-state index contributed by atoms with van der Waals surface area (Å²) < 4.78 is 0. The van der Waals surface area contributed by atoms with Crippen molar-refractivity contribution in [3.8, 4) is 0 Å². The predicted molar refractivity (Wildman–Crippen MR) is 54.1 cm³/mol. The Labute approximate surface area is 83.6 Å². The average Bonchev–Trinajstić information content (AvgIpc) is 2.45. The van der Waals surface area contributed by atoms with Crippen molar-refractivity contribution >= 4 is 5.78 Å². The minimum atomic E-state index is -0.585. The summed E-state index contributed by atoms with van der Waals surface area (Å²) in [7, 11) is 0. The Bertz CT molecular complexity index is 357. The lowest BCUT2D eigenvalue weighted by atomic mass is 9.97. The first-order chi connectivity index (χ1) is 6.75. The van der Waals surface area contributed by atoms with Crippen LogP contribution in [-0.2, 0) is 0 Å². The molecule has 74 valence electrons. The van der Waals surface area contributed by atoms with E-state index in [-0.39, 0.29) is 11.7 Å². The molecular formula is C12H14O2. The fourth-order valence-corrected chi connectivity index (χ4v) is 2.14.